The zero-order valence-electron chi connectivity index (χ0n) is 10.2. The molecule has 0 saturated carbocycles. The van der Waals surface area contributed by atoms with Crippen molar-refractivity contribution in [3.63, 3.8) is 0 Å². The molecule has 1 N–H and O–H groups in total. The Kier molecular flexibility index (Phi) is 2.76. The molecule has 0 radical (unpaired) electrons. The van der Waals surface area contributed by atoms with E-state index >= 15 is 0 Å². The highest BCUT2D eigenvalue weighted by Gasteiger charge is 2.06. The first kappa shape index (κ1) is 11.5. The standard InChI is InChI=1S/C15H12N2O2/c18-14(19)10-11-3-5-12(6-4-11)13-2-1-8-17-9-7-16-15(13)17/h1-9H,10H2,(H,18,19). The van der Waals surface area contributed by atoms with E-state index in [2.05, 4.69) is 4.98 Å². The molecule has 94 valence electrons. The molecule has 0 aliphatic carbocycles. The van der Waals surface area contributed by atoms with E-state index in [1.54, 1.807) is 6.20 Å². The Hall–Kier alpha value is -2.62. The molecular formula is C15H12N2O2. The van der Waals surface area contributed by atoms with Crippen LogP contribution in [0.2, 0.25) is 0 Å². The maximum atomic E-state index is 10.7. The quantitative estimate of drug-likeness (QED) is 0.779. The smallest absolute Gasteiger partial charge is 0.307 e. The highest BCUT2D eigenvalue weighted by atomic mass is 16.4. The highest BCUT2D eigenvalue weighted by Crippen LogP contribution is 2.23. The van der Waals surface area contributed by atoms with Gasteiger partial charge in [0.05, 0.1) is 6.42 Å². The van der Waals surface area contributed by atoms with Crippen LogP contribution in [0.4, 0.5) is 0 Å². The summed E-state index contributed by atoms with van der Waals surface area (Å²) in [6.45, 7) is 0. The van der Waals surface area contributed by atoms with Gasteiger partial charge in [0.2, 0.25) is 0 Å². The van der Waals surface area contributed by atoms with Gasteiger partial charge in [0.1, 0.15) is 5.65 Å². The molecule has 0 unspecified atom stereocenters. The summed E-state index contributed by atoms with van der Waals surface area (Å²) in [5.74, 6) is -0.817. The van der Waals surface area contributed by atoms with Crippen LogP contribution in [0.25, 0.3) is 16.8 Å². The van der Waals surface area contributed by atoms with Crippen molar-refractivity contribution in [3.05, 3.63) is 60.6 Å². The second-order valence-electron chi connectivity index (χ2n) is 4.35. The van der Waals surface area contributed by atoms with E-state index in [-0.39, 0.29) is 6.42 Å². The normalized spacial score (nSPS) is 10.7. The van der Waals surface area contributed by atoms with Crippen LogP contribution in [-0.4, -0.2) is 20.5 Å². The lowest BCUT2D eigenvalue weighted by Crippen LogP contribution is -1.99. The van der Waals surface area contributed by atoms with Gasteiger partial charge in [-0.2, -0.15) is 0 Å². The van der Waals surface area contributed by atoms with Crippen LogP contribution in [-0.2, 0) is 11.2 Å². The van der Waals surface area contributed by atoms with Crippen LogP contribution in [0, 0.1) is 0 Å². The fourth-order valence-corrected chi connectivity index (χ4v) is 2.15. The van der Waals surface area contributed by atoms with Gasteiger partial charge >= 0.3 is 5.97 Å². The van der Waals surface area contributed by atoms with Gasteiger partial charge in [0.25, 0.3) is 0 Å². The number of aromatic nitrogens is 2. The Morgan fingerprint density at radius 1 is 1.16 bits per heavy atom. The Balaban J connectivity index is 2.02. The molecule has 0 aliphatic rings. The number of nitrogens with zero attached hydrogens (tertiary/aromatic N) is 2. The third kappa shape index (κ3) is 2.20. The fourth-order valence-electron chi connectivity index (χ4n) is 2.15. The van der Waals surface area contributed by atoms with E-state index in [9.17, 15) is 4.79 Å². The van der Waals surface area contributed by atoms with E-state index in [0.29, 0.717) is 0 Å². The Labute approximate surface area is 110 Å². The maximum Gasteiger partial charge on any atom is 0.307 e. The summed E-state index contributed by atoms with van der Waals surface area (Å²) in [6, 6.07) is 11.5. The lowest BCUT2D eigenvalue weighted by atomic mass is 10.0. The minimum Gasteiger partial charge on any atom is -0.481 e. The average molecular weight is 252 g/mol. The average Bonchev–Trinajstić information content (AvgIpc) is 2.87. The molecule has 4 heteroatoms. The lowest BCUT2D eigenvalue weighted by molar-refractivity contribution is -0.136. The van der Waals surface area contributed by atoms with Gasteiger partial charge in [0, 0.05) is 24.2 Å². The van der Waals surface area contributed by atoms with E-state index in [0.717, 1.165) is 22.3 Å². The maximum absolute atomic E-state index is 10.7. The third-order valence-electron chi connectivity index (χ3n) is 3.04. The molecule has 19 heavy (non-hydrogen) atoms. The van der Waals surface area contributed by atoms with Crippen molar-refractivity contribution in [1.29, 1.82) is 0 Å². The monoisotopic (exact) mass is 252 g/mol. The molecule has 1 aromatic carbocycles. The zero-order valence-corrected chi connectivity index (χ0v) is 10.2. The molecule has 2 aromatic heterocycles. The predicted molar refractivity (Wildman–Crippen MR) is 72.0 cm³/mol. The number of imidazole rings is 1. The van der Waals surface area contributed by atoms with Crippen LogP contribution in [0.5, 0.6) is 0 Å². The van der Waals surface area contributed by atoms with Crippen LogP contribution < -0.4 is 0 Å². The van der Waals surface area contributed by atoms with E-state index in [1.165, 1.54) is 0 Å². The topological polar surface area (TPSA) is 54.6 Å². The Morgan fingerprint density at radius 2 is 1.95 bits per heavy atom. The molecule has 0 spiro atoms. The van der Waals surface area contributed by atoms with E-state index < -0.39 is 5.97 Å². The first-order valence-corrected chi connectivity index (χ1v) is 5.97. The number of hydrogen-bond donors (Lipinski definition) is 1. The predicted octanol–water partition coefficient (Wildman–Crippen LogP) is 2.63. The summed E-state index contributed by atoms with van der Waals surface area (Å²) < 4.78 is 1.96. The number of carboxylic acid groups (broad SMARTS) is 1. The van der Waals surface area contributed by atoms with Crippen molar-refractivity contribution in [1.82, 2.24) is 9.38 Å². The van der Waals surface area contributed by atoms with Crippen molar-refractivity contribution in [2.45, 2.75) is 6.42 Å². The molecule has 0 aliphatic heterocycles. The molecule has 0 bridgehead atoms. The van der Waals surface area contributed by atoms with Crippen molar-refractivity contribution < 1.29 is 9.90 Å². The second kappa shape index (κ2) is 4.57. The van der Waals surface area contributed by atoms with Crippen molar-refractivity contribution in [2.75, 3.05) is 0 Å². The molecule has 0 saturated heterocycles. The second-order valence-corrected chi connectivity index (χ2v) is 4.35. The van der Waals surface area contributed by atoms with Gasteiger partial charge in [-0.25, -0.2) is 4.98 Å². The summed E-state index contributed by atoms with van der Waals surface area (Å²) in [5, 5.41) is 8.75. The van der Waals surface area contributed by atoms with Crippen molar-refractivity contribution >= 4 is 11.6 Å². The van der Waals surface area contributed by atoms with Crippen LogP contribution in [0.1, 0.15) is 5.56 Å². The molecular weight excluding hydrogens is 240 g/mol. The van der Waals surface area contributed by atoms with Gasteiger partial charge < -0.3 is 9.51 Å². The molecule has 0 fully saturated rings. The number of benzene rings is 1. The molecule has 3 rings (SSSR count). The van der Waals surface area contributed by atoms with Crippen molar-refractivity contribution in [3.8, 4) is 11.1 Å². The van der Waals surface area contributed by atoms with Gasteiger partial charge in [-0.05, 0) is 23.3 Å². The number of aliphatic carboxylic acids is 1. The van der Waals surface area contributed by atoms with E-state index in [4.69, 9.17) is 5.11 Å². The van der Waals surface area contributed by atoms with E-state index in [1.807, 2.05) is 53.2 Å². The minimum atomic E-state index is -0.817. The summed E-state index contributed by atoms with van der Waals surface area (Å²) >= 11 is 0. The van der Waals surface area contributed by atoms with Crippen LogP contribution in [0.15, 0.2) is 55.0 Å². The van der Waals surface area contributed by atoms with Gasteiger partial charge in [-0.1, -0.05) is 24.3 Å². The lowest BCUT2D eigenvalue weighted by Gasteiger charge is -2.05. The molecule has 2 heterocycles. The fraction of sp³-hybridized carbons (Fsp3) is 0.0667. The zero-order chi connectivity index (χ0) is 13.2. The third-order valence-corrected chi connectivity index (χ3v) is 3.04. The number of carbonyl (C=O) groups is 1. The minimum absolute atomic E-state index is 0.0495. The van der Waals surface area contributed by atoms with Crippen molar-refractivity contribution in [2.24, 2.45) is 0 Å². The number of fused-ring (bicyclic) bond motifs is 1. The largest absolute Gasteiger partial charge is 0.481 e. The highest BCUT2D eigenvalue weighted by molar-refractivity contribution is 5.78. The first-order chi connectivity index (χ1) is 9.24. The molecule has 3 aromatic rings. The SMILES string of the molecule is O=C(O)Cc1ccc(-c2cccn3ccnc23)cc1. The summed E-state index contributed by atoms with van der Waals surface area (Å²) in [5.41, 5.74) is 3.76. The first-order valence-electron chi connectivity index (χ1n) is 5.97. The van der Waals surface area contributed by atoms with Gasteiger partial charge in [0.15, 0.2) is 0 Å². The summed E-state index contributed by atoms with van der Waals surface area (Å²) in [7, 11) is 0. The molecule has 4 nitrogen and oxygen atoms in total. The molecule has 0 amide bonds. The summed E-state index contributed by atoms with van der Waals surface area (Å²) in [6.07, 6.45) is 5.66. The van der Waals surface area contributed by atoms with Gasteiger partial charge in [-0.15, -0.1) is 0 Å². The Bertz CT molecular complexity index is 729. The Morgan fingerprint density at radius 3 is 2.68 bits per heavy atom. The number of hydrogen-bond acceptors (Lipinski definition) is 2. The summed E-state index contributed by atoms with van der Waals surface area (Å²) in [4.78, 5) is 15.0. The van der Waals surface area contributed by atoms with Crippen LogP contribution in [0.3, 0.4) is 0 Å². The van der Waals surface area contributed by atoms with Gasteiger partial charge in [-0.3, -0.25) is 4.79 Å². The number of rotatable bonds is 3. The number of carboxylic acids is 1. The number of pyridine rings is 1. The van der Waals surface area contributed by atoms with Crippen LogP contribution >= 0.6 is 0 Å². The molecule has 0 atom stereocenters.